The van der Waals surface area contributed by atoms with Crippen molar-refractivity contribution in [2.75, 3.05) is 59.1 Å². The fraction of sp³-hybridized carbons (Fsp3) is 0.882. The lowest BCUT2D eigenvalue weighted by molar-refractivity contribution is -0.135. The SMILES string of the molecule is CN=C(NCC1CCN(S(C)(=O)=O)CC1)N1CCN(C(=O)C(C)C)CC1.I. The first kappa shape index (κ1) is 24.4. The summed E-state index contributed by atoms with van der Waals surface area (Å²) in [5, 5.41) is 3.43. The van der Waals surface area contributed by atoms with Gasteiger partial charge in [0.15, 0.2) is 5.96 Å². The second kappa shape index (κ2) is 10.8. The minimum Gasteiger partial charge on any atom is -0.356 e. The number of halogens is 1. The molecule has 1 amide bonds. The zero-order chi connectivity index (χ0) is 19.3. The van der Waals surface area contributed by atoms with Gasteiger partial charge in [0.2, 0.25) is 15.9 Å². The van der Waals surface area contributed by atoms with Crippen molar-refractivity contribution < 1.29 is 13.2 Å². The number of guanidine groups is 1. The molecule has 27 heavy (non-hydrogen) atoms. The third-order valence-electron chi connectivity index (χ3n) is 5.19. The Kier molecular flexibility index (Phi) is 9.76. The molecule has 0 saturated carbocycles. The Hall–Kier alpha value is -0.620. The summed E-state index contributed by atoms with van der Waals surface area (Å²) in [4.78, 5) is 20.6. The van der Waals surface area contributed by atoms with E-state index in [2.05, 4.69) is 15.2 Å². The van der Waals surface area contributed by atoms with Gasteiger partial charge in [0.25, 0.3) is 0 Å². The summed E-state index contributed by atoms with van der Waals surface area (Å²) in [5.74, 6) is 1.57. The highest BCUT2D eigenvalue weighted by Gasteiger charge is 2.27. The van der Waals surface area contributed by atoms with Crippen molar-refractivity contribution in [3.63, 3.8) is 0 Å². The summed E-state index contributed by atoms with van der Waals surface area (Å²) in [6, 6.07) is 0. The molecule has 0 radical (unpaired) electrons. The molecule has 10 heteroatoms. The van der Waals surface area contributed by atoms with E-state index in [1.54, 1.807) is 11.4 Å². The van der Waals surface area contributed by atoms with Crippen molar-refractivity contribution in [1.82, 2.24) is 19.4 Å². The molecule has 0 atom stereocenters. The molecule has 8 nitrogen and oxygen atoms in total. The predicted octanol–water partition coefficient (Wildman–Crippen LogP) is 0.652. The van der Waals surface area contributed by atoms with Gasteiger partial charge in [-0.1, -0.05) is 13.8 Å². The normalized spacial score (nSPS) is 20.6. The quantitative estimate of drug-likeness (QED) is 0.338. The lowest BCUT2D eigenvalue weighted by Crippen LogP contribution is -2.55. The van der Waals surface area contributed by atoms with Crippen LogP contribution in [-0.4, -0.2) is 93.5 Å². The van der Waals surface area contributed by atoms with E-state index < -0.39 is 10.0 Å². The molecule has 0 spiro atoms. The van der Waals surface area contributed by atoms with Gasteiger partial charge in [-0.2, -0.15) is 0 Å². The van der Waals surface area contributed by atoms with Gasteiger partial charge >= 0.3 is 0 Å². The molecule has 0 bridgehead atoms. The van der Waals surface area contributed by atoms with E-state index in [0.29, 0.717) is 19.0 Å². The highest BCUT2D eigenvalue weighted by molar-refractivity contribution is 14.0. The van der Waals surface area contributed by atoms with Crippen LogP contribution in [0, 0.1) is 11.8 Å². The summed E-state index contributed by atoms with van der Waals surface area (Å²) in [5.41, 5.74) is 0. The predicted molar refractivity (Wildman–Crippen MR) is 119 cm³/mol. The molecule has 2 aliphatic rings. The van der Waals surface area contributed by atoms with Gasteiger partial charge in [0.1, 0.15) is 0 Å². The number of carbonyl (C=O) groups is 1. The van der Waals surface area contributed by atoms with Crippen molar-refractivity contribution in [2.45, 2.75) is 26.7 Å². The number of hydrogen-bond donors (Lipinski definition) is 1. The number of nitrogens with zero attached hydrogens (tertiary/aromatic N) is 4. The fourth-order valence-corrected chi connectivity index (χ4v) is 4.39. The highest BCUT2D eigenvalue weighted by atomic mass is 127. The lowest BCUT2D eigenvalue weighted by Gasteiger charge is -2.38. The van der Waals surface area contributed by atoms with Crippen LogP contribution in [0.3, 0.4) is 0 Å². The van der Waals surface area contributed by atoms with Gasteiger partial charge < -0.3 is 15.1 Å². The van der Waals surface area contributed by atoms with Crippen molar-refractivity contribution in [2.24, 2.45) is 16.8 Å². The average Bonchev–Trinajstić information content (AvgIpc) is 2.61. The van der Waals surface area contributed by atoms with Crippen LogP contribution in [0.5, 0.6) is 0 Å². The van der Waals surface area contributed by atoms with Crippen LogP contribution in [0.2, 0.25) is 0 Å². The molecule has 1 N–H and O–H groups in total. The average molecular weight is 515 g/mol. The van der Waals surface area contributed by atoms with E-state index in [4.69, 9.17) is 0 Å². The number of nitrogens with one attached hydrogen (secondary N) is 1. The molecule has 0 unspecified atom stereocenters. The van der Waals surface area contributed by atoms with Crippen molar-refractivity contribution >= 4 is 45.9 Å². The first-order chi connectivity index (χ1) is 12.2. The molecule has 2 saturated heterocycles. The van der Waals surface area contributed by atoms with Crippen LogP contribution in [0.15, 0.2) is 4.99 Å². The van der Waals surface area contributed by atoms with E-state index in [-0.39, 0.29) is 35.8 Å². The van der Waals surface area contributed by atoms with Crippen molar-refractivity contribution in [1.29, 1.82) is 0 Å². The Labute approximate surface area is 180 Å². The molecule has 0 aliphatic carbocycles. The third kappa shape index (κ3) is 7.04. The standard InChI is InChI=1S/C17H33N5O3S.HI/c1-14(2)16(23)20-9-11-21(12-10-20)17(18-3)19-13-15-5-7-22(8-6-15)26(4,24)25;/h14-15H,5-13H2,1-4H3,(H,18,19);1H. The van der Waals surface area contributed by atoms with E-state index in [1.807, 2.05) is 18.7 Å². The number of piperidine rings is 1. The molecule has 0 aromatic heterocycles. The Morgan fingerprint density at radius 1 is 1.07 bits per heavy atom. The van der Waals surface area contributed by atoms with E-state index in [0.717, 1.165) is 51.5 Å². The van der Waals surface area contributed by atoms with Crippen molar-refractivity contribution in [3.8, 4) is 0 Å². The summed E-state index contributed by atoms with van der Waals surface area (Å²) in [7, 11) is -1.29. The monoisotopic (exact) mass is 515 g/mol. The molecule has 2 heterocycles. The smallest absolute Gasteiger partial charge is 0.225 e. The van der Waals surface area contributed by atoms with Crippen LogP contribution in [0.4, 0.5) is 0 Å². The molecule has 2 rings (SSSR count). The molecular weight excluding hydrogens is 481 g/mol. The summed E-state index contributed by atoms with van der Waals surface area (Å²) < 4.78 is 24.7. The molecule has 2 aliphatic heterocycles. The Morgan fingerprint density at radius 3 is 2.04 bits per heavy atom. The highest BCUT2D eigenvalue weighted by Crippen LogP contribution is 2.18. The van der Waals surface area contributed by atoms with Gasteiger partial charge in [0.05, 0.1) is 6.26 Å². The van der Waals surface area contributed by atoms with Gasteiger partial charge in [-0.3, -0.25) is 9.79 Å². The summed E-state index contributed by atoms with van der Waals surface area (Å²) in [6.45, 7) is 8.88. The van der Waals surface area contributed by atoms with Crippen LogP contribution in [0.25, 0.3) is 0 Å². The Bertz CT molecular complexity index is 610. The van der Waals surface area contributed by atoms with Crippen LogP contribution in [-0.2, 0) is 14.8 Å². The minimum absolute atomic E-state index is 0. The molecular formula is C17H34IN5O3S. The third-order valence-corrected chi connectivity index (χ3v) is 6.49. The van der Waals surface area contributed by atoms with Crippen LogP contribution < -0.4 is 5.32 Å². The lowest BCUT2D eigenvalue weighted by atomic mass is 9.98. The maximum absolute atomic E-state index is 12.1. The van der Waals surface area contributed by atoms with Crippen molar-refractivity contribution in [3.05, 3.63) is 0 Å². The number of aliphatic imine (C=N–C) groups is 1. The van der Waals surface area contributed by atoms with Gasteiger partial charge in [0, 0.05) is 58.8 Å². The largest absolute Gasteiger partial charge is 0.356 e. The topological polar surface area (TPSA) is 85.3 Å². The second-order valence-corrected chi connectivity index (χ2v) is 9.48. The van der Waals surface area contributed by atoms with Crippen LogP contribution >= 0.6 is 24.0 Å². The fourth-order valence-electron chi connectivity index (χ4n) is 3.52. The molecule has 2 fully saturated rings. The summed E-state index contributed by atoms with van der Waals surface area (Å²) >= 11 is 0. The zero-order valence-electron chi connectivity index (χ0n) is 16.8. The first-order valence-corrected chi connectivity index (χ1v) is 11.3. The van der Waals surface area contributed by atoms with Gasteiger partial charge in [-0.25, -0.2) is 12.7 Å². The Morgan fingerprint density at radius 2 is 1.59 bits per heavy atom. The Balaban J connectivity index is 0.00000364. The van der Waals surface area contributed by atoms with Gasteiger partial charge in [-0.05, 0) is 18.8 Å². The first-order valence-electron chi connectivity index (χ1n) is 9.42. The van der Waals surface area contributed by atoms with E-state index >= 15 is 0 Å². The van der Waals surface area contributed by atoms with E-state index in [1.165, 1.54) is 6.26 Å². The van der Waals surface area contributed by atoms with E-state index in [9.17, 15) is 13.2 Å². The number of rotatable bonds is 4. The minimum atomic E-state index is -3.07. The maximum Gasteiger partial charge on any atom is 0.225 e. The van der Waals surface area contributed by atoms with Gasteiger partial charge in [-0.15, -0.1) is 24.0 Å². The maximum atomic E-state index is 12.1. The number of hydrogen-bond acceptors (Lipinski definition) is 4. The zero-order valence-corrected chi connectivity index (χ0v) is 20.0. The second-order valence-electron chi connectivity index (χ2n) is 7.50. The molecule has 158 valence electrons. The number of piperazine rings is 1. The number of amides is 1. The number of sulfonamides is 1. The van der Waals surface area contributed by atoms with Crippen LogP contribution in [0.1, 0.15) is 26.7 Å². The molecule has 0 aromatic rings. The summed E-state index contributed by atoms with van der Waals surface area (Å²) in [6.07, 6.45) is 3.01. The molecule has 0 aromatic carbocycles. The number of carbonyl (C=O) groups excluding carboxylic acids is 1.